The van der Waals surface area contributed by atoms with E-state index in [2.05, 4.69) is 56.9 Å². The minimum atomic E-state index is 0.746. The van der Waals surface area contributed by atoms with Crippen molar-refractivity contribution in [3.05, 3.63) is 56.2 Å². The van der Waals surface area contributed by atoms with Gasteiger partial charge >= 0.3 is 0 Å². The molecule has 1 fully saturated rings. The highest BCUT2D eigenvalue weighted by atomic mass is 79.9. The Balaban J connectivity index is 1.92. The maximum absolute atomic E-state index is 7.62. The van der Waals surface area contributed by atoms with Gasteiger partial charge in [0.05, 0.1) is 24.8 Å². The van der Waals surface area contributed by atoms with Crippen LogP contribution in [0.15, 0.2) is 28.7 Å². The standard InChI is InChI=1S/C17H17BrN2OS/c1-12-15(11-13-3-5-14(18)6-4-13)16(19-2)17(22-12)20-7-9-21-10-8-20/h3-6H,7-11H2,1H3. The molecule has 0 N–H and O–H groups in total. The number of anilines is 1. The number of hydrogen-bond donors (Lipinski definition) is 0. The average molecular weight is 377 g/mol. The molecule has 1 aliphatic rings. The molecule has 2 heterocycles. The molecular formula is C17H17BrN2OS. The number of morpholine rings is 1. The predicted octanol–water partition coefficient (Wildman–Crippen LogP) is 4.80. The third-order valence-corrected chi connectivity index (χ3v) is 5.59. The summed E-state index contributed by atoms with van der Waals surface area (Å²) in [6.45, 7) is 13.0. The summed E-state index contributed by atoms with van der Waals surface area (Å²) in [7, 11) is 0. The zero-order chi connectivity index (χ0) is 15.5. The molecule has 0 saturated carbocycles. The van der Waals surface area contributed by atoms with Crippen LogP contribution in [0, 0.1) is 13.5 Å². The third kappa shape index (κ3) is 3.19. The van der Waals surface area contributed by atoms with Crippen LogP contribution in [0.5, 0.6) is 0 Å². The van der Waals surface area contributed by atoms with E-state index in [9.17, 15) is 0 Å². The largest absolute Gasteiger partial charge is 0.378 e. The first-order chi connectivity index (χ1) is 10.7. The van der Waals surface area contributed by atoms with E-state index in [0.717, 1.165) is 47.9 Å². The number of halogens is 1. The van der Waals surface area contributed by atoms with Crippen LogP contribution in [0.1, 0.15) is 16.0 Å². The molecule has 0 aliphatic carbocycles. The summed E-state index contributed by atoms with van der Waals surface area (Å²) in [4.78, 5) is 7.39. The average Bonchev–Trinajstić information content (AvgIpc) is 2.86. The second-order valence-electron chi connectivity index (χ2n) is 5.31. The molecule has 3 rings (SSSR count). The van der Waals surface area contributed by atoms with Crippen LogP contribution in [0.25, 0.3) is 4.85 Å². The van der Waals surface area contributed by atoms with Crippen molar-refractivity contribution in [3.63, 3.8) is 0 Å². The molecule has 0 unspecified atom stereocenters. The fraction of sp³-hybridized carbons (Fsp3) is 0.353. The van der Waals surface area contributed by atoms with Crippen LogP contribution < -0.4 is 4.90 Å². The van der Waals surface area contributed by atoms with E-state index in [1.165, 1.54) is 16.0 Å². The SMILES string of the molecule is [C-]#[N+]c1c(N2CCOCC2)sc(C)c1Cc1ccc(Br)cc1. The Labute approximate surface area is 143 Å². The van der Waals surface area contributed by atoms with E-state index in [1.54, 1.807) is 11.3 Å². The Bertz CT molecular complexity index is 697. The lowest BCUT2D eigenvalue weighted by atomic mass is 10.0. The van der Waals surface area contributed by atoms with E-state index in [4.69, 9.17) is 11.3 Å². The van der Waals surface area contributed by atoms with Crippen LogP contribution in [0.2, 0.25) is 0 Å². The number of aryl methyl sites for hydroxylation is 1. The molecule has 1 aromatic heterocycles. The molecule has 3 nitrogen and oxygen atoms in total. The van der Waals surface area contributed by atoms with Crippen molar-refractivity contribution in [2.45, 2.75) is 13.3 Å². The zero-order valence-electron chi connectivity index (χ0n) is 12.4. The number of hydrogen-bond acceptors (Lipinski definition) is 3. The third-order valence-electron chi connectivity index (χ3n) is 3.87. The second-order valence-corrected chi connectivity index (χ2v) is 7.42. The maximum Gasteiger partial charge on any atom is 0.224 e. The number of nitrogens with zero attached hydrogens (tertiary/aromatic N) is 2. The van der Waals surface area contributed by atoms with Gasteiger partial charge in [-0.3, -0.25) is 0 Å². The molecule has 0 spiro atoms. The van der Waals surface area contributed by atoms with Crippen molar-refractivity contribution in [1.29, 1.82) is 0 Å². The van der Waals surface area contributed by atoms with E-state index in [1.807, 2.05) is 0 Å². The van der Waals surface area contributed by atoms with Gasteiger partial charge in [0, 0.05) is 17.6 Å². The fourth-order valence-corrected chi connectivity index (χ4v) is 4.08. The van der Waals surface area contributed by atoms with Crippen LogP contribution in [-0.2, 0) is 11.2 Å². The first-order valence-electron chi connectivity index (χ1n) is 7.26. The van der Waals surface area contributed by atoms with Crippen LogP contribution in [-0.4, -0.2) is 26.3 Å². The van der Waals surface area contributed by atoms with E-state index in [-0.39, 0.29) is 0 Å². The molecule has 5 heteroatoms. The van der Waals surface area contributed by atoms with Crippen molar-refractivity contribution >= 4 is 38.0 Å². The summed E-state index contributed by atoms with van der Waals surface area (Å²) in [5, 5.41) is 1.11. The Kier molecular flexibility index (Phi) is 4.82. The smallest absolute Gasteiger partial charge is 0.224 e. The first-order valence-corrected chi connectivity index (χ1v) is 8.87. The molecule has 22 heavy (non-hydrogen) atoms. The molecule has 114 valence electrons. The summed E-state index contributed by atoms with van der Waals surface area (Å²) < 4.78 is 6.50. The number of ether oxygens (including phenoxy) is 1. The monoisotopic (exact) mass is 376 g/mol. The summed E-state index contributed by atoms with van der Waals surface area (Å²) >= 11 is 5.21. The van der Waals surface area contributed by atoms with E-state index < -0.39 is 0 Å². The van der Waals surface area contributed by atoms with Gasteiger partial charge in [0.1, 0.15) is 0 Å². The highest BCUT2D eigenvalue weighted by Gasteiger charge is 2.22. The van der Waals surface area contributed by atoms with Gasteiger partial charge in [-0.15, -0.1) is 11.3 Å². The number of rotatable bonds is 3. The van der Waals surface area contributed by atoms with E-state index in [0.29, 0.717) is 0 Å². The second kappa shape index (κ2) is 6.82. The van der Waals surface area contributed by atoms with E-state index >= 15 is 0 Å². The molecule has 1 saturated heterocycles. The maximum atomic E-state index is 7.62. The molecule has 1 aromatic carbocycles. The highest BCUT2D eigenvalue weighted by molar-refractivity contribution is 9.10. The number of thiophene rings is 1. The molecule has 0 bridgehead atoms. The summed E-state index contributed by atoms with van der Waals surface area (Å²) in [5.74, 6) is 0. The van der Waals surface area contributed by atoms with Crippen molar-refractivity contribution in [1.82, 2.24) is 0 Å². The Morgan fingerprint density at radius 2 is 1.95 bits per heavy atom. The molecule has 0 radical (unpaired) electrons. The van der Waals surface area contributed by atoms with Crippen molar-refractivity contribution in [2.75, 3.05) is 31.2 Å². The molecule has 0 atom stereocenters. The Morgan fingerprint density at radius 3 is 2.59 bits per heavy atom. The molecule has 1 aliphatic heterocycles. The van der Waals surface area contributed by atoms with Crippen LogP contribution in [0.4, 0.5) is 10.7 Å². The first kappa shape index (κ1) is 15.5. The van der Waals surface area contributed by atoms with Crippen molar-refractivity contribution in [3.8, 4) is 0 Å². The van der Waals surface area contributed by atoms with Gasteiger partial charge in [-0.2, -0.15) is 0 Å². The van der Waals surface area contributed by atoms with Crippen molar-refractivity contribution < 1.29 is 4.74 Å². The van der Waals surface area contributed by atoms with Crippen molar-refractivity contribution in [2.24, 2.45) is 0 Å². The van der Waals surface area contributed by atoms with Gasteiger partial charge in [0.15, 0.2) is 0 Å². The lowest BCUT2D eigenvalue weighted by molar-refractivity contribution is 0.123. The van der Waals surface area contributed by atoms with Gasteiger partial charge in [0.2, 0.25) is 5.69 Å². The van der Waals surface area contributed by atoms with Gasteiger partial charge in [-0.1, -0.05) is 28.1 Å². The molecule has 0 amide bonds. The number of benzene rings is 1. The molecular weight excluding hydrogens is 360 g/mol. The summed E-state index contributed by atoms with van der Waals surface area (Å²) in [6.07, 6.45) is 0.817. The fourth-order valence-electron chi connectivity index (χ4n) is 2.66. The lowest BCUT2D eigenvalue weighted by Crippen LogP contribution is -2.35. The summed E-state index contributed by atoms with van der Waals surface area (Å²) in [6, 6.07) is 8.33. The van der Waals surface area contributed by atoms with Gasteiger partial charge < -0.3 is 9.64 Å². The zero-order valence-corrected chi connectivity index (χ0v) is 14.8. The topological polar surface area (TPSA) is 16.8 Å². The van der Waals surface area contributed by atoms with Crippen LogP contribution >= 0.6 is 27.3 Å². The van der Waals surface area contributed by atoms with Gasteiger partial charge in [0.25, 0.3) is 0 Å². The Hall–Kier alpha value is -1.35. The minimum absolute atomic E-state index is 0.746. The predicted molar refractivity (Wildman–Crippen MR) is 95.3 cm³/mol. The normalized spacial score (nSPS) is 14.9. The highest BCUT2D eigenvalue weighted by Crippen LogP contribution is 2.43. The molecule has 2 aromatic rings. The lowest BCUT2D eigenvalue weighted by Gasteiger charge is -2.28. The van der Waals surface area contributed by atoms with Gasteiger partial charge in [-0.25, -0.2) is 4.85 Å². The minimum Gasteiger partial charge on any atom is -0.378 e. The van der Waals surface area contributed by atoms with Crippen LogP contribution in [0.3, 0.4) is 0 Å². The quantitative estimate of drug-likeness (QED) is 0.715. The van der Waals surface area contributed by atoms with Gasteiger partial charge in [-0.05, 0) is 41.5 Å². The Morgan fingerprint density at radius 1 is 1.27 bits per heavy atom. The summed E-state index contributed by atoms with van der Waals surface area (Å²) in [5.41, 5.74) is 3.23.